The Morgan fingerprint density at radius 2 is 1.69 bits per heavy atom. The SMILES string of the molecule is CN(C)C(=O)/C=C/CC[C@H](OC(=O)N(C)C)C(=O)Nc1cccn(Cc2nc3c(OCc4ccc(F)cc4F)c(F)c(F)cc3n2C(=O)OC(C)(C)C)c1=O. The lowest BCUT2D eigenvalue weighted by Gasteiger charge is -2.21. The van der Waals surface area contributed by atoms with Gasteiger partial charge in [-0.2, -0.15) is 4.39 Å². The van der Waals surface area contributed by atoms with Gasteiger partial charge in [-0.05, 0) is 64.0 Å². The fourth-order valence-corrected chi connectivity index (χ4v) is 4.89. The molecule has 2 aromatic carbocycles. The Balaban J connectivity index is 1.71. The Kier molecular flexibility index (Phi) is 13.1. The number of pyridine rings is 1. The third-order valence-corrected chi connectivity index (χ3v) is 7.62. The largest absolute Gasteiger partial charge is 0.483 e. The maximum Gasteiger partial charge on any atom is 0.420 e. The number of nitrogens with one attached hydrogen (secondary N) is 1. The molecule has 294 valence electrons. The van der Waals surface area contributed by atoms with Gasteiger partial charge >= 0.3 is 12.2 Å². The van der Waals surface area contributed by atoms with Crippen molar-refractivity contribution in [2.75, 3.05) is 33.5 Å². The smallest absolute Gasteiger partial charge is 0.420 e. The van der Waals surface area contributed by atoms with Crippen LogP contribution in [0.15, 0.2) is 59.5 Å². The molecular formula is C37H40F4N6O8. The fourth-order valence-electron chi connectivity index (χ4n) is 4.89. The Morgan fingerprint density at radius 1 is 0.982 bits per heavy atom. The van der Waals surface area contributed by atoms with Crippen LogP contribution in [-0.2, 0) is 32.2 Å². The second-order valence-corrected chi connectivity index (χ2v) is 13.6. The lowest BCUT2D eigenvalue weighted by molar-refractivity contribution is -0.125. The van der Waals surface area contributed by atoms with Crippen molar-refractivity contribution in [3.05, 3.63) is 99.8 Å². The summed E-state index contributed by atoms with van der Waals surface area (Å²) in [7, 11) is 5.95. The van der Waals surface area contributed by atoms with E-state index in [2.05, 4.69) is 10.3 Å². The summed E-state index contributed by atoms with van der Waals surface area (Å²) in [5.74, 6) is -7.04. The molecule has 0 aliphatic carbocycles. The number of benzene rings is 2. The van der Waals surface area contributed by atoms with E-state index in [1.54, 1.807) is 34.9 Å². The molecule has 55 heavy (non-hydrogen) atoms. The molecule has 2 heterocycles. The second kappa shape index (κ2) is 17.3. The molecule has 0 unspecified atom stereocenters. The van der Waals surface area contributed by atoms with Crippen LogP contribution in [0, 0.1) is 23.3 Å². The molecule has 0 spiro atoms. The van der Waals surface area contributed by atoms with E-state index in [-0.39, 0.29) is 46.9 Å². The number of carbonyl (C=O) groups is 4. The number of anilines is 1. The quantitative estimate of drug-likeness (QED) is 0.143. The average molecular weight is 773 g/mol. The Morgan fingerprint density at radius 3 is 2.33 bits per heavy atom. The number of likely N-dealkylation sites (N-methyl/N-ethyl adjacent to an activating group) is 1. The first-order chi connectivity index (χ1) is 25.8. The summed E-state index contributed by atoms with van der Waals surface area (Å²) in [5, 5.41) is 2.45. The fraction of sp³-hybridized carbons (Fsp3) is 0.351. The molecule has 2 aromatic heterocycles. The van der Waals surface area contributed by atoms with Crippen molar-refractivity contribution in [3.63, 3.8) is 0 Å². The van der Waals surface area contributed by atoms with E-state index in [1.807, 2.05) is 0 Å². The van der Waals surface area contributed by atoms with Gasteiger partial charge in [0.2, 0.25) is 11.7 Å². The van der Waals surface area contributed by atoms with Gasteiger partial charge in [0.1, 0.15) is 40.9 Å². The van der Waals surface area contributed by atoms with Gasteiger partial charge in [0.05, 0.1) is 12.1 Å². The first kappa shape index (κ1) is 41.6. The molecule has 0 bridgehead atoms. The van der Waals surface area contributed by atoms with Crippen molar-refractivity contribution in [3.8, 4) is 5.75 Å². The maximum atomic E-state index is 15.3. The van der Waals surface area contributed by atoms with Gasteiger partial charge in [0.25, 0.3) is 11.5 Å². The van der Waals surface area contributed by atoms with Gasteiger partial charge in [-0.3, -0.25) is 14.4 Å². The van der Waals surface area contributed by atoms with Gasteiger partial charge < -0.3 is 33.9 Å². The van der Waals surface area contributed by atoms with E-state index < -0.39 is 77.5 Å². The molecule has 1 N–H and O–H groups in total. The lowest BCUT2D eigenvalue weighted by atomic mass is 10.1. The number of hydrogen-bond acceptors (Lipinski definition) is 9. The number of carbonyl (C=O) groups excluding carboxylic acids is 4. The second-order valence-electron chi connectivity index (χ2n) is 13.6. The molecule has 0 fully saturated rings. The zero-order chi connectivity index (χ0) is 40.8. The summed E-state index contributed by atoms with van der Waals surface area (Å²) >= 11 is 0. The summed E-state index contributed by atoms with van der Waals surface area (Å²) in [6.45, 7) is 3.50. The number of ether oxygens (including phenoxy) is 3. The van der Waals surface area contributed by atoms with Gasteiger partial charge in [-0.25, -0.2) is 32.3 Å². The number of fused-ring (bicyclic) bond motifs is 1. The number of rotatable bonds is 12. The molecular weight excluding hydrogens is 732 g/mol. The summed E-state index contributed by atoms with van der Waals surface area (Å²) in [4.78, 5) is 71.6. The van der Waals surface area contributed by atoms with E-state index in [0.29, 0.717) is 12.1 Å². The topological polar surface area (TPSA) is 154 Å². The van der Waals surface area contributed by atoms with Crippen LogP contribution in [0.3, 0.4) is 0 Å². The van der Waals surface area contributed by atoms with Gasteiger partial charge in [-0.15, -0.1) is 0 Å². The van der Waals surface area contributed by atoms with Gasteiger partial charge in [0.15, 0.2) is 17.7 Å². The molecule has 14 nitrogen and oxygen atoms in total. The number of amides is 3. The Bertz CT molecular complexity index is 2190. The minimum atomic E-state index is -1.51. The molecule has 0 aliphatic rings. The van der Waals surface area contributed by atoms with Crippen molar-refractivity contribution in [1.29, 1.82) is 0 Å². The average Bonchev–Trinajstić information content (AvgIpc) is 3.44. The van der Waals surface area contributed by atoms with Crippen LogP contribution in [0.1, 0.15) is 45.0 Å². The lowest BCUT2D eigenvalue weighted by Crippen LogP contribution is -2.37. The first-order valence-corrected chi connectivity index (χ1v) is 16.7. The van der Waals surface area contributed by atoms with Crippen LogP contribution in [0.4, 0.5) is 32.8 Å². The highest BCUT2D eigenvalue weighted by Crippen LogP contribution is 2.33. The number of halogens is 4. The van der Waals surface area contributed by atoms with Crippen LogP contribution in [0.25, 0.3) is 11.0 Å². The normalized spacial score (nSPS) is 12.1. The number of hydrogen-bond donors (Lipinski definition) is 1. The molecule has 3 amide bonds. The van der Waals surface area contributed by atoms with E-state index >= 15 is 8.78 Å². The molecule has 0 saturated heterocycles. The molecule has 0 aliphatic heterocycles. The van der Waals surface area contributed by atoms with Gasteiger partial charge in [-0.1, -0.05) is 6.08 Å². The zero-order valence-electron chi connectivity index (χ0n) is 31.1. The highest BCUT2D eigenvalue weighted by Gasteiger charge is 2.29. The van der Waals surface area contributed by atoms with Crippen LogP contribution in [-0.4, -0.2) is 87.8 Å². The van der Waals surface area contributed by atoms with Crippen LogP contribution >= 0.6 is 0 Å². The molecule has 0 saturated carbocycles. The number of aromatic nitrogens is 3. The molecule has 4 aromatic rings. The van der Waals surface area contributed by atoms with Crippen LogP contribution in [0.2, 0.25) is 0 Å². The van der Waals surface area contributed by atoms with E-state index in [0.717, 1.165) is 26.2 Å². The maximum absolute atomic E-state index is 15.3. The number of nitrogens with zero attached hydrogens (tertiary/aromatic N) is 5. The van der Waals surface area contributed by atoms with Gasteiger partial charge in [0, 0.05) is 52.1 Å². The van der Waals surface area contributed by atoms with Crippen molar-refractivity contribution < 1.29 is 51.0 Å². The van der Waals surface area contributed by atoms with Crippen molar-refractivity contribution >= 4 is 40.7 Å². The van der Waals surface area contributed by atoms with E-state index in [9.17, 15) is 32.8 Å². The first-order valence-electron chi connectivity index (χ1n) is 16.7. The Labute approximate surface area is 312 Å². The number of allylic oxidation sites excluding steroid dienone is 1. The monoisotopic (exact) mass is 772 g/mol. The van der Waals surface area contributed by atoms with Crippen LogP contribution in [0.5, 0.6) is 5.75 Å². The predicted octanol–water partition coefficient (Wildman–Crippen LogP) is 5.59. The highest BCUT2D eigenvalue weighted by molar-refractivity contribution is 5.95. The molecule has 1 atom stereocenters. The van der Waals surface area contributed by atoms with E-state index in [1.165, 1.54) is 49.5 Å². The Hall–Kier alpha value is -6.20. The van der Waals surface area contributed by atoms with Crippen LogP contribution < -0.4 is 15.6 Å². The molecule has 4 rings (SSSR count). The summed E-state index contributed by atoms with van der Waals surface area (Å²) < 4.78 is 76.3. The highest BCUT2D eigenvalue weighted by atomic mass is 19.2. The van der Waals surface area contributed by atoms with Crippen molar-refractivity contribution in [2.24, 2.45) is 0 Å². The van der Waals surface area contributed by atoms with Crippen molar-refractivity contribution in [1.82, 2.24) is 23.9 Å². The number of imidazole rings is 1. The summed E-state index contributed by atoms with van der Waals surface area (Å²) in [5.41, 5.74) is -3.04. The standard InChI is InChI=1S/C37H40F4N6O8/c1-37(2,3)55-36(52)47-26-18-24(40)30(41)32(53-20-21-14-15-22(38)17-23(21)39)31(26)43-28(47)19-46-16-10-11-25(34(46)50)42-33(49)27(54-35(51)45(6)7)12-8-9-13-29(48)44(4)5/h9-11,13-18,27H,8,12,19-20H2,1-7H3,(H,42,49)/b13-9+/t27-/m0/s1. The summed E-state index contributed by atoms with van der Waals surface area (Å²) in [6, 6.07) is 5.94. The third-order valence-electron chi connectivity index (χ3n) is 7.62. The predicted molar refractivity (Wildman–Crippen MR) is 191 cm³/mol. The third kappa shape index (κ3) is 10.5. The minimum absolute atomic E-state index is 0.0467. The zero-order valence-corrected chi connectivity index (χ0v) is 31.1. The van der Waals surface area contributed by atoms with E-state index in [4.69, 9.17) is 14.2 Å². The molecule has 0 radical (unpaired) electrons. The molecule has 18 heteroatoms. The minimum Gasteiger partial charge on any atom is -0.483 e. The van der Waals surface area contributed by atoms with Crippen molar-refractivity contribution in [2.45, 2.75) is 58.5 Å². The summed E-state index contributed by atoms with van der Waals surface area (Å²) in [6.07, 6.45) is 0.918.